The predicted molar refractivity (Wildman–Crippen MR) is 68.9 cm³/mol. The molecule has 0 amide bonds. The van der Waals surface area contributed by atoms with Gasteiger partial charge in [-0.15, -0.1) is 0 Å². The van der Waals surface area contributed by atoms with Crippen molar-refractivity contribution in [3.63, 3.8) is 0 Å². The molecule has 1 fully saturated rings. The van der Waals surface area contributed by atoms with Crippen LogP contribution in [0.5, 0.6) is 0 Å². The standard InChI is InChI=1S/C12H28N4/c13-9-1-3-11(15)5-7-12(16,8-6-11)4-2-10-14/h1-10,13-16H2. The van der Waals surface area contributed by atoms with Gasteiger partial charge in [0.15, 0.2) is 0 Å². The number of hydrogen-bond donors (Lipinski definition) is 4. The van der Waals surface area contributed by atoms with E-state index in [0.717, 1.165) is 64.5 Å². The Hall–Kier alpha value is -0.160. The number of hydrogen-bond acceptors (Lipinski definition) is 4. The lowest BCUT2D eigenvalue weighted by Crippen LogP contribution is -2.52. The summed E-state index contributed by atoms with van der Waals surface area (Å²) in [4.78, 5) is 0. The van der Waals surface area contributed by atoms with Gasteiger partial charge in [0.25, 0.3) is 0 Å². The lowest BCUT2D eigenvalue weighted by atomic mass is 9.70. The van der Waals surface area contributed by atoms with Crippen LogP contribution in [0.15, 0.2) is 0 Å². The zero-order chi connectivity index (χ0) is 12.1. The average molecular weight is 228 g/mol. The molecule has 0 bridgehead atoms. The predicted octanol–water partition coefficient (Wildman–Crippen LogP) is 0.433. The van der Waals surface area contributed by atoms with Crippen LogP contribution in [0.25, 0.3) is 0 Å². The highest BCUT2D eigenvalue weighted by Gasteiger charge is 2.37. The lowest BCUT2D eigenvalue weighted by molar-refractivity contribution is 0.180. The summed E-state index contributed by atoms with van der Waals surface area (Å²) in [5.41, 5.74) is 23.8. The maximum atomic E-state index is 6.36. The van der Waals surface area contributed by atoms with Crippen molar-refractivity contribution in [2.45, 2.75) is 62.4 Å². The molecule has 0 heterocycles. The van der Waals surface area contributed by atoms with Gasteiger partial charge in [-0.2, -0.15) is 0 Å². The topological polar surface area (TPSA) is 104 Å². The SMILES string of the molecule is NCCCC1(N)CCC(N)(CCCN)CC1. The fraction of sp³-hybridized carbons (Fsp3) is 1.00. The molecule has 1 aliphatic carbocycles. The molecule has 0 saturated heterocycles. The van der Waals surface area contributed by atoms with Crippen molar-refractivity contribution >= 4 is 0 Å². The lowest BCUT2D eigenvalue weighted by Gasteiger charge is -2.43. The van der Waals surface area contributed by atoms with Gasteiger partial charge in [0.1, 0.15) is 0 Å². The average Bonchev–Trinajstić information content (AvgIpc) is 2.29. The molecule has 16 heavy (non-hydrogen) atoms. The zero-order valence-corrected chi connectivity index (χ0v) is 10.4. The summed E-state index contributed by atoms with van der Waals surface area (Å²) >= 11 is 0. The van der Waals surface area contributed by atoms with Crippen molar-refractivity contribution in [3.8, 4) is 0 Å². The monoisotopic (exact) mass is 228 g/mol. The Morgan fingerprint density at radius 1 is 0.688 bits per heavy atom. The smallest absolute Gasteiger partial charge is 0.0156 e. The fourth-order valence-corrected chi connectivity index (χ4v) is 2.65. The molecule has 0 unspecified atom stereocenters. The Morgan fingerprint density at radius 3 is 1.25 bits per heavy atom. The van der Waals surface area contributed by atoms with E-state index in [-0.39, 0.29) is 11.1 Å². The molecule has 0 spiro atoms. The molecule has 0 aliphatic heterocycles. The van der Waals surface area contributed by atoms with Crippen molar-refractivity contribution in [2.75, 3.05) is 13.1 Å². The van der Waals surface area contributed by atoms with Crippen LogP contribution < -0.4 is 22.9 Å². The summed E-state index contributed by atoms with van der Waals surface area (Å²) in [6.07, 6.45) is 8.27. The molecule has 4 heteroatoms. The van der Waals surface area contributed by atoms with Gasteiger partial charge in [0, 0.05) is 11.1 Å². The van der Waals surface area contributed by atoms with Gasteiger partial charge >= 0.3 is 0 Å². The minimum atomic E-state index is -0.00897. The second-order valence-electron chi connectivity index (χ2n) is 5.51. The molecular weight excluding hydrogens is 200 g/mol. The van der Waals surface area contributed by atoms with E-state index in [1.165, 1.54) is 0 Å². The third-order valence-electron chi connectivity index (χ3n) is 4.00. The van der Waals surface area contributed by atoms with Gasteiger partial charge in [-0.1, -0.05) is 0 Å². The summed E-state index contributed by atoms with van der Waals surface area (Å²) in [6.45, 7) is 1.47. The number of nitrogens with two attached hydrogens (primary N) is 4. The molecule has 1 aliphatic rings. The van der Waals surface area contributed by atoms with E-state index >= 15 is 0 Å². The molecule has 4 nitrogen and oxygen atoms in total. The van der Waals surface area contributed by atoms with Crippen molar-refractivity contribution in [1.82, 2.24) is 0 Å². The Labute approximate surface area is 99.1 Å². The van der Waals surface area contributed by atoms with E-state index in [2.05, 4.69) is 0 Å². The zero-order valence-electron chi connectivity index (χ0n) is 10.4. The van der Waals surface area contributed by atoms with Crippen LogP contribution in [0.1, 0.15) is 51.4 Å². The first-order chi connectivity index (χ1) is 7.54. The van der Waals surface area contributed by atoms with Crippen LogP contribution in [0, 0.1) is 0 Å². The van der Waals surface area contributed by atoms with Crippen molar-refractivity contribution in [1.29, 1.82) is 0 Å². The van der Waals surface area contributed by atoms with Crippen LogP contribution in [-0.2, 0) is 0 Å². The quantitative estimate of drug-likeness (QED) is 0.529. The molecule has 0 aromatic carbocycles. The van der Waals surface area contributed by atoms with E-state index in [9.17, 15) is 0 Å². The van der Waals surface area contributed by atoms with E-state index in [1.54, 1.807) is 0 Å². The largest absolute Gasteiger partial charge is 0.330 e. The van der Waals surface area contributed by atoms with E-state index < -0.39 is 0 Å². The van der Waals surface area contributed by atoms with Crippen molar-refractivity contribution in [3.05, 3.63) is 0 Å². The maximum Gasteiger partial charge on any atom is 0.0156 e. The van der Waals surface area contributed by atoms with E-state index in [4.69, 9.17) is 22.9 Å². The summed E-state index contributed by atoms with van der Waals surface area (Å²) < 4.78 is 0. The molecule has 0 atom stereocenters. The molecule has 8 N–H and O–H groups in total. The Bertz CT molecular complexity index is 175. The molecule has 1 rings (SSSR count). The van der Waals surface area contributed by atoms with Gasteiger partial charge in [0.05, 0.1) is 0 Å². The van der Waals surface area contributed by atoms with E-state index in [1.807, 2.05) is 0 Å². The maximum absolute atomic E-state index is 6.36. The number of rotatable bonds is 6. The highest BCUT2D eigenvalue weighted by molar-refractivity contribution is 4.98. The molecular formula is C12H28N4. The van der Waals surface area contributed by atoms with Gasteiger partial charge < -0.3 is 22.9 Å². The Balaban J connectivity index is 2.36. The van der Waals surface area contributed by atoms with Crippen molar-refractivity contribution < 1.29 is 0 Å². The summed E-state index contributed by atoms with van der Waals surface area (Å²) in [5, 5.41) is 0. The second kappa shape index (κ2) is 5.96. The van der Waals surface area contributed by atoms with Crippen LogP contribution in [0.2, 0.25) is 0 Å². The summed E-state index contributed by atoms with van der Waals surface area (Å²) in [6, 6.07) is 0. The van der Waals surface area contributed by atoms with Crippen LogP contribution in [0.4, 0.5) is 0 Å². The van der Waals surface area contributed by atoms with Gasteiger partial charge in [0.2, 0.25) is 0 Å². The van der Waals surface area contributed by atoms with E-state index in [0.29, 0.717) is 0 Å². The first-order valence-corrected chi connectivity index (χ1v) is 6.52. The molecule has 1 saturated carbocycles. The molecule has 0 radical (unpaired) electrons. The third kappa shape index (κ3) is 4.01. The Kier molecular flexibility index (Phi) is 5.18. The molecule has 96 valence electrons. The van der Waals surface area contributed by atoms with Gasteiger partial charge in [-0.25, -0.2) is 0 Å². The minimum Gasteiger partial charge on any atom is -0.330 e. The highest BCUT2D eigenvalue weighted by Crippen LogP contribution is 2.36. The fourth-order valence-electron chi connectivity index (χ4n) is 2.65. The van der Waals surface area contributed by atoms with Crippen LogP contribution >= 0.6 is 0 Å². The second-order valence-corrected chi connectivity index (χ2v) is 5.51. The summed E-state index contributed by atoms with van der Waals surface area (Å²) in [5.74, 6) is 0. The van der Waals surface area contributed by atoms with Gasteiger partial charge in [-0.05, 0) is 64.5 Å². The van der Waals surface area contributed by atoms with Crippen LogP contribution in [-0.4, -0.2) is 24.2 Å². The summed E-state index contributed by atoms with van der Waals surface area (Å²) in [7, 11) is 0. The first-order valence-electron chi connectivity index (χ1n) is 6.52. The van der Waals surface area contributed by atoms with Gasteiger partial charge in [-0.3, -0.25) is 0 Å². The molecule has 0 aromatic heterocycles. The first kappa shape index (κ1) is 13.9. The minimum absolute atomic E-state index is 0.00897. The van der Waals surface area contributed by atoms with Crippen LogP contribution in [0.3, 0.4) is 0 Å². The molecule has 0 aromatic rings. The van der Waals surface area contributed by atoms with Crippen molar-refractivity contribution in [2.24, 2.45) is 22.9 Å². The normalized spacial score (nSPS) is 35.2. The third-order valence-corrected chi connectivity index (χ3v) is 4.00. The Morgan fingerprint density at radius 2 is 1.00 bits per heavy atom. The highest BCUT2D eigenvalue weighted by atomic mass is 14.8.